The van der Waals surface area contributed by atoms with E-state index in [1.807, 2.05) is 30.3 Å². The third-order valence-electron chi connectivity index (χ3n) is 7.83. The van der Waals surface area contributed by atoms with Crippen LogP contribution in [0.5, 0.6) is 5.75 Å². The highest BCUT2D eigenvalue weighted by atomic mass is 35.5. The van der Waals surface area contributed by atoms with E-state index in [4.69, 9.17) is 22.1 Å². The highest BCUT2D eigenvalue weighted by molar-refractivity contribution is 6.34. The number of benzene rings is 3. The van der Waals surface area contributed by atoms with Crippen LogP contribution in [0.25, 0.3) is 11.1 Å². The fourth-order valence-corrected chi connectivity index (χ4v) is 6.45. The van der Waals surface area contributed by atoms with Gasteiger partial charge in [0.2, 0.25) is 5.91 Å². The van der Waals surface area contributed by atoms with Gasteiger partial charge in [0, 0.05) is 34.7 Å². The van der Waals surface area contributed by atoms with Crippen LogP contribution in [0.4, 0.5) is 8.78 Å². The number of carbonyl (C=O) groups is 1. The van der Waals surface area contributed by atoms with Crippen LogP contribution in [-0.4, -0.2) is 23.6 Å². The summed E-state index contributed by atoms with van der Waals surface area (Å²) in [5.41, 5.74) is 6.63. The summed E-state index contributed by atoms with van der Waals surface area (Å²) in [5.74, 6) is -2.19. The third kappa shape index (κ3) is 3.37. The standard InChI is InChI=1S/C28H25ClF2N2O3/c29-25-18(30)12-20-17(13-28(36-20,21-7-4-10-33-21)15-5-2-1-3-6-15)23(25)24-16(27(32)35)11-14-8-9-19(34)22(14)26(24)31/h1-3,5-6,11-12,19,21,33-34H,4,7-10,13H2,(H2,32,35)/t19-,21+,28+/m1/s1. The van der Waals surface area contributed by atoms with Gasteiger partial charge in [-0.05, 0) is 49.4 Å². The Morgan fingerprint density at radius 2 is 1.94 bits per heavy atom. The van der Waals surface area contributed by atoms with Gasteiger partial charge in [-0.2, -0.15) is 0 Å². The second-order valence-corrected chi connectivity index (χ2v) is 10.2. The lowest BCUT2D eigenvalue weighted by atomic mass is 9.80. The summed E-state index contributed by atoms with van der Waals surface area (Å²) in [6.07, 6.45) is 1.82. The summed E-state index contributed by atoms with van der Waals surface area (Å²) < 4.78 is 37.9. The fourth-order valence-electron chi connectivity index (χ4n) is 6.18. The van der Waals surface area contributed by atoms with Gasteiger partial charge >= 0.3 is 0 Å². The number of aliphatic hydroxyl groups excluding tert-OH is 1. The lowest BCUT2D eigenvalue weighted by molar-refractivity contribution is 0.0539. The topological polar surface area (TPSA) is 84.6 Å². The quantitative estimate of drug-likeness (QED) is 0.464. The zero-order valence-corrected chi connectivity index (χ0v) is 20.2. The van der Waals surface area contributed by atoms with Crippen molar-refractivity contribution >= 4 is 17.5 Å². The number of aryl methyl sites for hydroxylation is 1. The first kappa shape index (κ1) is 23.4. The van der Waals surface area contributed by atoms with Gasteiger partial charge in [-0.1, -0.05) is 41.9 Å². The van der Waals surface area contributed by atoms with E-state index in [1.165, 1.54) is 12.1 Å². The Morgan fingerprint density at radius 3 is 2.64 bits per heavy atom. The minimum Gasteiger partial charge on any atom is -0.480 e. The van der Waals surface area contributed by atoms with Gasteiger partial charge in [-0.25, -0.2) is 8.78 Å². The highest BCUT2D eigenvalue weighted by Gasteiger charge is 2.50. The molecule has 2 heterocycles. The van der Waals surface area contributed by atoms with E-state index < -0.39 is 29.2 Å². The van der Waals surface area contributed by atoms with E-state index in [0.29, 0.717) is 24.0 Å². The van der Waals surface area contributed by atoms with Crippen LogP contribution in [-0.2, 0) is 18.4 Å². The lowest BCUT2D eigenvalue weighted by Crippen LogP contribution is -2.48. The average molecular weight is 511 g/mol. The molecule has 3 atom stereocenters. The summed E-state index contributed by atoms with van der Waals surface area (Å²) in [6.45, 7) is 0.824. The average Bonchev–Trinajstić information content (AvgIpc) is 3.61. The minimum atomic E-state index is -1.02. The van der Waals surface area contributed by atoms with Crippen molar-refractivity contribution in [1.82, 2.24) is 5.32 Å². The van der Waals surface area contributed by atoms with Crippen LogP contribution in [0, 0.1) is 11.6 Å². The van der Waals surface area contributed by atoms with Gasteiger partial charge in [0.1, 0.15) is 17.4 Å². The molecule has 0 aromatic heterocycles. The number of nitrogens with two attached hydrogens (primary N) is 1. The molecule has 0 bridgehead atoms. The van der Waals surface area contributed by atoms with Crippen molar-refractivity contribution in [3.8, 4) is 16.9 Å². The number of amides is 1. The number of aliphatic hydroxyl groups is 1. The number of halogens is 3. The molecule has 1 saturated heterocycles. The molecular formula is C28H25ClF2N2O3. The summed E-state index contributed by atoms with van der Waals surface area (Å²) in [7, 11) is 0. The van der Waals surface area contributed by atoms with Crippen molar-refractivity contribution in [2.24, 2.45) is 5.73 Å². The number of carbonyl (C=O) groups excluding carboxylic acids is 1. The molecule has 2 aliphatic heterocycles. The molecule has 0 radical (unpaired) electrons. The zero-order valence-electron chi connectivity index (χ0n) is 19.4. The first-order valence-electron chi connectivity index (χ1n) is 12.1. The maximum absolute atomic E-state index is 16.1. The maximum Gasteiger partial charge on any atom is 0.249 e. The Morgan fingerprint density at radius 1 is 1.17 bits per heavy atom. The Hall–Kier alpha value is -3.00. The monoisotopic (exact) mass is 510 g/mol. The van der Waals surface area contributed by atoms with Gasteiger partial charge in [0.05, 0.1) is 22.7 Å². The molecule has 36 heavy (non-hydrogen) atoms. The largest absolute Gasteiger partial charge is 0.480 e. The molecule has 4 N–H and O–H groups in total. The van der Waals surface area contributed by atoms with Gasteiger partial charge < -0.3 is 20.9 Å². The normalized spacial score (nSPS) is 24.4. The van der Waals surface area contributed by atoms with Crippen molar-refractivity contribution in [1.29, 1.82) is 0 Å². The fraction of sp³-hybridized carbons (Fsp3) is 0.321. The Kier molecular flexibility index (Phi) is 5.55. The summed E-state index contributed by atoms with van der Waals surface area (Å²) in [4.78, 5) is 12.5. The number of nitrogens with one attached hydrogen (secondary N) is 1. The SMILES string of the molecule is NC(=O)c1cc2c(c(F)c1-c1c(Cl)c(F)cc3c1C[C@](c1ccccc1)([C@@H]1CCCN1)O3)[C@H](O)CC2. The molecule has 1 aliphatic carbocycles. The van der Waals surface area contributed by atoms with Crippen molar-refractivity contribution < 1.29 is 23.4 Å². The molecule has 3 aromatic rings. The summed E-state index contributed by atoms with van der Waals surface area (Å²) >= 11 is 6.52. The van der Waals surface area contributed by atoms with E-state index in [1.54, 1.807) is 0 Å². The molecule has 6 rings (SSSR count). The molecule has 3 aliphatic rings. The highest BCUT2D eigenvalue weighted by Crippen LogP contribution is 2.53. The molecule has 1 fully saturated rings. The number of ether oxygens (including phenoxy) is 1. The van der Waals surface area contributed by atoms with E-state index >= 15 is 8.78 Å². The third-order valence-corrected chi connectivity index (χ3v) is 8.20. The first-order chi connectivity index (χ1) is 17.3. The lowest BCUT2D eigenvalue weighted by Gasteiger charge is -2.35. The molecule has 3 aromatic carbocycles. The molecule has 1 amide bonds. The van der Waals surface area contributed by atoms with E-state index in [0.717, 1.165) is 24.9 Å². The van der Waals surface area contributed by atoms with Crippen LogP contribution >= 0.6 is 11.6 Å². The van der Waals surface area contributed by atoms with E-state index in [-0.39, 0.29) is 45.5 Å². The minimum absolute atomic E-state index is 0.0515. The van der Waals surface area contributed by atoms with Crippen LogP contribution < -0.4 is 15.8 Å². The summed E-state index contributed by atoms with van der Waals surface area (Å²) in [5, 5.41) is 13.7. The van der Waals surface area contributed by atoms with Crippen molar-refractivity contribution in [3.05, 3.63) is 86.9 Å². The van der Waals surface area contributed by atoms with Gasteiger partial charge in [0.15, 0.2) is 5.60 Å². The molecule has 0 spiro atoms. The first-order valence-corrected chi connectivity index (χ1v) is 12.5. The zero-order chi connectivity index (χ0) is 25.2. The Balaban J connectivity index is 1.61. The van der Waals surface area contributed by atoms with Crippen LogP contribution in [0.1, 0.15) is 58.0 Å². The summed E-state index contributed by atoms with van der Waals surface area (Å²) in [6, 6.07) is 12.3. The maximum atomic E-state index is 16.1. The van der Waals surface area contributed by atoms with Crippen LogP contribution in [0.15, 0.2) is 42.5 Å². The van der Waals surface area contributed by atoms with Gasteiger partial charge in [-0.15, -0.1) is 0 Å². The number of hydrogen-bond acceptors (Lipinski definition) is 4. The van der Waals surface area contributed by atoms with E-state index in [9.17, 15) is 9.90 Å². The Bertz CT molecular complexity index is 1390. The van der Waals surface area contributed by atoms with Crippen molar-refractivity contribution in [2.45, 2.75) is 49.9 Å². The Labute approximate surface area is 212 Å². The smallest absolute Gasteiger partial charge is 0.249 e. The number of hydrogen-bond donors (Lipinski definition) is 3. The van der Waals surface area contributed by atoms with Crippen LogP contribution in [0.3, 0.4) is 0 Å². The van der Waals surface area contributed by atoms with Crippen LogP contribution in [0.2, 0.25) is 5.02 Å². The van der Waals surface area contributed by atoms with Gasteiger partial charge in [0.25, 0.3) is 0 Å². The van der Waals surface area contributed by atoms with Crippen molar-refractivity contribution in [2.75, 3.05) is 6.54 Å². The number of primary amides is 1. The predicted molar refractivity (Wildman–Crippen MR) is 132 cm³/mol. The number of rotatable bonds is 4. The second kappa shape index (κ2) is 8.54. The molecule has 8 heteroatoms. The van der Waals surface area contributed by atoms with E-state index in [2.05, 4.69) is 5.32 Å². The predicted octanol–water partition coefficient (Wildman–Crippen LogP) is 4.95. The van der Waals surface area contributed by atoms with Gasteiger partial charge in [-0.3, -0.25) is 4.79 Å². The van der Waals surface area contributed by atoms with Crippen molar-refractivity contribution in [3.63, 3.8) is 0 Å². The number of fused-ring (bicyclic) bond motifs is 2. The molecule has 186 valence electrons. The molecule has 0 unspecified atom stereocenters. The molecule has 5 nitrogen and oxygen atoms in total. The second-order valence-electron chi connectivity index (χ2n) is 9.81. The molecular weight excluding hydrogens is 486 g/mol. The molecule has 0 saturated carbocycles.